The lowest BCUT2D eigenvalue weighted by atomic mass is 10.3. The second-order valence-corrected chi connectivity index (χ2v) is 3.49. The van der Waals surface area contributed by atoms with Gasteiger partial charge in [-0.25, -0.2) is 0 Å². The van der Waals surface area contributed by atoms with Gasteiger partial charge in [-0.2, -0.15) is 17.0 Å². The Kier molecular flexibility index (Phi) is 7.76. The van der Waals surface area contributed by atoms with Crippen molar-refractivity contribution in [1.29, 1.82) is 5.26 Å². The number of thioether (sulfide) groups is 1. The smallest absolute Gasteiger partial charge is 0.0924 e. The van der Waals surface area contributed by atoms with E-state index >= 15 is 0 Å². The fourth-order valence-corrected chi connectivity index (χ4v) is 1.23. The average Bonchev–Trinajstić information content (AvgIpc) is 2.04. The number of hydrogen-bond donors (Lipinski definition) is 1. The lowest BCUT2D eigenvalue weighted by molar-refractivity contribution is 0.609. The van der Waals surface area contributed by atoms with Crippen molar-refractivity contribution in [3.05, 3.63) is 0 Å². The van der Waals surface area contributed by atoms with Crippen LogP contribution < -0.4 is 5.32 Å². The van der Waals surface area contributed by atoms with Crippen LogP contribution in [0.5, 0.6) is 0 Å². The Labute approximate surface area is 73.4 Å². The summed E-state index contributed by atoms with van der Waals surface area (Å²) in [6.07, 6.45) is 4.53. The normalized spacial score (nSPS) is 12.5. The summed E-state index contributed by atoms with van der Waals surface area (Å²) in [5, 5.41) is 11.5. The molecule has 0 aromatic heterocycles. The average molecular weight is 172 g/mol. The molecule has 0 fully saturated rings. The first kappa shape index (κ1) is 10.8. The molecule has 0 aromatic carbocycles. The van der Waals surface area contributed by atoms with E-state index < -0.39 is 0 Å². The Morgan fingerprint density at radius 3 is 2.82 bits per heavy atom. The zero-order valence-electron chi connectivity index (χ0n) is 7.26. The number of unbranched alkanes of at least 4 members (excludes halogenated alkanes) is 1. The molecular formula is C8H16N2S. The van der Waals surface area contributed by atoms with Crippen molar-refractivity contribution >= 4 is 11.8 Å². The van der Waals surface area contributed by atoms with Gasteiger partial charge in [0.25, 0.3) is 0 Å². The maximum Gasteiger partial charge on any atom is 0.0924 e. The van der Waals surface area contributed by atoms with Crippen molar-refractivity contribution in [2.24, 2.45) is 0 Å². The fourth-order valence-electron chi connectivity index (χ4n) is 0.736. The highest BCUT2D eigenvalue weighted by atomic mass is 32.2. The molecule has 0 spiro atoms. The van der Waals surface area contributed by atoms with Crippen LogP contribution in [0, 0.1) is 11.3 Å². The Morgan fingerprint density at radius 2 is 2.27 bits per heavy atom. The van der Waals surface area contributed by atoms with Crippen molar-refractivity contribution in [2.45, 2.75) is 25.8 Å². The highest BCUT2D eigenvalue weighted by molar-refractivity contribution is 7.98. The summed E-state index contributed by atoms with van der Waals surface area (Å²) in [6, 6.07) is 2.14. The molecular weight excluding hydrogens is 156 g/mol. The van der Waals surface area contributed by atoms with E-state index in [1.165, 1.54) is 18.6 Å². The van der Waals surface area contributed by atoms with Crippen molar-refractivity contribution in [1.82, 2.24) is 5.32 Å². The summed E-state index contributed by atoms with van der Waals surface area (Å²) >= 11 is 1.87. The molecule has 0 amide bonds. The maximum atomic E-state index is 8.42. The molecule has 0 saturated heterocycles. The van der Waals surface area contributed by atoms with E-state index in [1.807, 2.05) is 18.7 Å². The highest BCUT2D eigenvalue weighted by Crippen LogP contribution is 1.97. The minimum Gasteiger partial charge on any atom is -0.302 e. The molecule has 0 heterocycles. The molecule has 1 unspecified atom stereocenters. The summed E-state index contributed by atoms with van der Waals surface area (Å²) in [5.41, 5.74) is 0. The van der Waals surface area contributed by atoms with Crippen molar-refractivity contribution in [2.75, 3.05) is 18.6 Å². The molecule has 2 nitrogen and oxygen atoms in total. The Morgan fingerprint density at radius 1 is 1.55 bits per heavy atom. The lowest BCUT2D eigenvalue weighted by Crippen LogP contribution is -2.25. The predicted octanol–water partition coefficient (Wildman–Crippen LogP) is 1.63. The predicted molar refractivity (Wildman–Crippen MR) is 50.7 cm³/mol. The first-order chi connectivity index (χ1) is 5.31. The number of nitrogens with one attached hydrogen (secondary N) is 1. The van der Waals surface area contributed by atoms with Crippen LogP contribution in [0.4, 0.5) is 0 Å². The standard InChI is InChI=1S/C8H16N2S/c1-8(7-9)10-5-3-4-6-11-2/h8,10H,3-6H2,1-2H3. The number of nitrogens with zero attached hydrogens (tertiary/aromatic N) is 1. The first-order valence-corrected chi connectivity index (χ1v) is 5.32. The van der Waals surface area contributed by atoms with E-state index in [1.54, 1.807) is 0 Å². The van der Waals surface area contributed by atoms with Crippen LogP contribution in [0.15, 0.2) is 0 Å². The van der Waals surface area contributed by atoms with Crippen LogP contribution in [-0.2, 0) is 0 Å². The third-order valence-corrected chi connectivity index (χ3v) is 2.12. The lowest BCUT2D eigenvalue weighted by Gasteiger charge is -2.04. The Bertz CT molecular complexity index is 120. The van der Waals surface area contributed by atoms with E-state index in [2.05, 4.69) is 17.6 Å². The van der Waals surface area contributed by atoms with Crippen LogP contribution >= 0.6 is 11.8 Å². The molecule has 11 heavy (non-hydrogen) atoms. The molecule has 0 saturated carbocycles. The molecule has 0 radical (unpaired) electrons. The van der Waals surface area contributed by atoms with Gasteiger partial charge in [-0.15, -0.1) is 0 Å². The largest absolute Gasteiger partial charge is 0.302 e. The molecule has 3 heteroatoms. The van der Waals surface area contributed by atoms with Gasteiger partial charge >= 0.3 is 0 Å². The highest BCUT2D eigenvalue weighted by Gasteiger charge is 1.95. The van der Waals surface area contributed by atoms with E-state index in [9.17, 15) is 0 Å². The van der Waals surface area contributed by atoms with Gasteiger partial charge in [0, 0.05) is 0 Å². The summed E-state index contributed by atoms with van der Waals surface area (Å²) in [7, 11) is 0. The minimum atomic E-state index is 0.00396. The van der Waals surface area contributed by atoms with Gasteiger partial charge in [-0.3, -0.25) is 0 Å². The fraction of sp³-hybridized carbons (Fsp3) is 0.875. The van der Waals surface area contributed by atoms with Crippen LogP contribution in [0.25, 0.3) is 0 Å². The second kappa shape index (κ2) is 7.90. The topological polar surface area (TPSA) is 35.8 Å². The number of rotatable bonds is 6. The van der Waals surface area contributed by atoms with Crippen molar-refractivity contribution < 1.29 is 0 Å². The van der Waals surface area contributed by atoms with Crippen LogP contribution in [0.2, 0.25) is 0 Å². The van der Waals surface area contributed by atoms with Crippen molar-refractivity contribution in [3.8, 4) is 6.07 Å². The van der Waals surface area contributed by atoms with Crippen LogP contribution in [0.1, 0.15) is 19.8 Å². The third-order valence-electron chi connectivity index (χ3n) is 1.42. The second-order valence-electron chi connectivity index (χ2n) is 2.50. The van der Waals surface area contributed by atoms with Gasteiger partial charge in [0.05, 0.1) is 12.1 Å². The molecule has 64 valence electrons. The molecule has 0 aliphatic rings. The molecule has 0 aliphatic carbocycles. The molecule has 0 aromatic rings. The number of nitriles is 1. The zero-order chi connectivity index (χ0) is 8.53. The van der Waals surface area contributed by atoms with Gasteiger partial charge in [-0.05, 0) is 38.3 Å². The number of hydrogen-bond acceptors (Lipinski definition) is 3. The van der Waals surface area contributed by atoms with E-state index in [-0.39, 0.29) is 6.04 Å². The summed E-state index contributed by atoms with van der Waals surface area (Å²) in [4.78, 5) is 0. The molecule has 0 rings (SSSR count). The Hall–Kier alpha value is -0.200. The monoisotopic (exact) mass is 172 g/mol. The Balaban J connectivity index is 2.97. The summed E-state index contributed by atoms with van der Waals surface area (Å²) in [6.45, 7) is 2.85. The minimum absolute atomic E-state index is 0.00396. The maximum absolute atomic E-state index is 8.42. The summed E-state index contributed by atoms with van der Waals surface area (Å²) < 4.78 is 0. The van der Waals surface area contributed by atoms with Crippen LogP contribution in [0.3, 0.4) is 0 Å². The van der Waals surface area contributed by atoms with Crippen LogP contribution in [-0.4, -0.2) is 24.6 Å². The van der Waals surface area contributed by atoms with Gasteiger partial charge in [-0.1, -0.05) is 0 Å². The van der Waals surface area contributed by atoms with E-state index in [4.69, 9.17) is 5.26 Å². The molecule has 0 aliphatic heterocycles. The zero-order valence-corrected chi connectivity index (χ0v) is 8.08. The van der Waals surface area contributed by atoms with E-state index in [0.29, 0.717) is 0 Å². The van der Waals surface area contributed by atoms with Crippen molar-refractivity contribution in [3.63, 3.8) is 0 Å². The quantitative estimate of drug-likeness (QED) is 0.619. The molecule has 1 N–H and O–H groups in total. The first-order valence-electron chi connectivity index (χ1n) is 3.93. The van der Waals surface area contributed by atoms with E-state index in [0.717, 1.165) is 6.54 Å². The third kappa shape index (κ3) is 7.70. The molecule has 1 atom stereocenters. The van der Waals surface area contributed by atoms with Gasteiger partial charge in [0.15, 0.2) is 0 Å². The molecule has 0 bridgehead atoms. The van der Waals surface area contributed by atoms with Gasteiger partial charge in [0.2, 0.25) is 0 Å². The van der Waals surface area contributed by atoms with Gasteiger partial charge < -0.3 is 5.32 Å². The van der Waals surface area contributed by atoms with Gasteiger partial charge in [0.1, 0.15) is 0 Å². The SMILES string of the molecule is CSCCCCNC(C)C#N. The summed E-state index contributed by atoms with van der Waals surface area (Å²) in [5.74, 6) is 1.22.